The monoisotopic (exact) mass is 415 g/mol. The van der Waals surface area contributed by atoms with Crippen LogP contribution >= 0.6 is 12.2 Å². The molecule has 30 heavy (non-hydrogen) atoms. The Bertz CT molecular complexity index is 1400. The first kappa shape index (κ1) is 19.5. The van der Waals surface area contributed by atoms with Crippen LogP contribution in [0.5, 0.6) is 0 Å². The molecule has 0 fully saturated rings. The summed E-state index contributed by atoms with van der Waals surface area (Å²) in [6.07, 6.45) is 0. The first-order chi connectivity index (χ1) is 14.4. The fourth-order valence-electron chi connectivity index (χ4n) is 3.19. The van der Waals surface area contributed by atoms with Gasteiger partial charge in [0.25, 0.3) is 11.5 Å². The molecule has 0 aliphatic rings. The summed E-state index contributed by atoms with van der Waals surface area (Å²) in [5.41, 5.74) is 2.26. The van der Waals surface area contributed by atoms with Crippen LogP contribution in [0.15, 0.2) is 77.6 Å². The molecule has 4 rings (SSSR count). The standard InChI is InChI=1S/C23H17N3O3S/c1-14(27)15-6-5-7-17(12-15)24-21(28)16-10-11-19-20(13-16)25-23(30)26(22(19)29)18-8-3-2-4-9-18/h2-13H,1H3,(H,24,28)(H,25,30). The molecule has 2 N–H and O–H groups in total. The summed E-state index contributed by atoms with van der Waals surface area (Å²) in [7, 11) is 0. The molecule has 0 saturated heterocycles. The predicted octanol–water partition coefficient (Wildman–Crippen LogP) is 4.50. The van der Waals surface area contributed by atoms with Crippen molar-refractivity contribution in [3.8, 4) is 5.69 Å². The number of H-pyrrole nitrogens is 1. The lowest BCUT2D eigenvalue weighted by Crippen LogP contribution is -2.21. The van der Waals surface area contributed by atoms with Crippen molar-refractivity contribution in [3.63, 3.8) is 0 Å². The Hall–Kier alpha value is -3.84. The van der Waals surface area contributed by atoms with E-state index in [4.69, 9.17) is 12.2 Å². The van der Waals surface area contributed by atoms with Crippen LogP contribution in [0.3, 0.4) is 0 Å². The van der Waals surface area contributed by atoms with Gasteiger partial charge in [-0.15, -0.1) is 0 Å². The Balaban J connectivity index is 1.71. The lowest BCUT2D eigenvalue weighted by atomic mass is 10.1. The average molecular weight is 415 g/mol. The number of rotatable bonds is 4. The molecule has 0 spiro atoms. The number of anilines is 1. The number of carbonyl (C=O) groups is 2. The van der Waals surface area contributed by atoms with Gasteiger partial charge in [-0.05, 0) is 61.6 Å². The molecule has 1 amide bonds. The Morgan fingerprint density at radius 1 is 0.933 bits per heavy atom. The number of nitrogens with one attached hydrogen (secondary N) is 2. The fourth-order valence-corrected chi connectivity index (χ4v) is 3.49. The maximum atomic E-state index is 13.0. The first-order valence-electron chi connectivity index (χ1n) is 9.21. The third-order valence-electron chi connectivity index (χ3n) is 4.70. The number of hydrogen-bond acceptors (Lipinski definition) is 4. The molecule has 3 aromatic carbocycles. The Kier molecular flexibility index (Phi) is 5.12. The number of carbonyl (C=O) groups excluding carboxylic acids is 2. The summed E-state index contributed by atoms with van der Waals surface area (Å²) in [5, 5.41) is 3.19. The lowest BCUT2D eigenvalue weighted by Gasteiger charge is -2.10. The predicted molar refractivity (Wildman–Crippen MR) is 119 cm³/mol. The minimum Gasteiger partial charge on any atom is -0.331 e. The maximum Gasteiger partial charge on any atom is 0.266 e. The van der Waals surface area contributed by atoms with Crippen LogP contribution in [-0.4, -0.2) is 21.2 Å². The van der Waals surface area contributed by atoms with Crippen molar-refractivity contribution >= 4 is 40.5 Å². The second kappa shape index (κ2) is 7.88. The summed E-state index contributed by atoms with van der Waals surface area (Å²) in [4.78, 5) is 40.2. The summed E-state index contributed by atoms with van der Waals surface area (Å²) in [6, 6.07) is 20.6. The highest BCUT2D eigenvalue weighted by Crippen LogP contribution is 2.16. The number of aromatic nitrogens is 2. The van der Waals surface area contributed by atoms with E-state index in [-0.39, 0.29) is 22.0 Å². The number of amides is 1. The molecule has 0 saturated carbocycles. The molecule has 1 heterocycles. The highest BCUT2D eigenvalue weighted by molar-refractivity contribution is 7.71. The van der Waals surface area contributed by atoms with Crippen LogP contribution in [0.25, 0.3) is 16.6 Å². The zero-order valence-electron chi connectivity index (χ0n) is 16.0. The van der Waals surface area contributed by atoms with Gasteiger partial charge in [-0.3, -0.25) is 19.0 Å². The van der Waals surface area contributed by atoms with Crippen molar-refractivity contribution in [2.45, 2.75) is 6.92 Å². The van der Waals surface area contributed by atoms with Crippen LogP contribution in [0.4, 0.5) is 5.69 Å². The molecular formula is C23H17N3O3S. The van der Waals surface area contributed by atoms with E-state index >= 15 is 0 Å². The minimum atomic E-state index is -0.357. The van der Waals surface area contributed by atoms with Gasteiger partial charge in [-0.25, -0.2) is 0 Å². The topological polar surface area (TPSA) is 84.0 Å². The Morgan fingerprint density at radius 3 is 2.43 bits per heavy atom. The summed E-state index contributed by atoms with van der Waals surface area (Å²) in [6.45, 7) is 1.47. The second-order valence-electron chi connectivity index (χ2n) is 6.76. The van der Waals surface area contributed by atoms with E-state index in [1.165, 1.54) is 11.5 Å². The van der Waals surface area contributed by atoms with Crippen molar-refractivity contribution in [2.75, 3.05) is 5.32 Å². The maximum absolute atomic E-state index is 13.0. The number of benzene rings is 3. The molecule has 0 aliphatic heterocycles. The molecule has 1 aromatic heterocycles. The number of nitrogens with zero attached hydrogens (tertiary/aromatic N) is 1. The molecule has 0 atom stereocenters. The van der Waals surface area contributed by atoms with E-state index in [2.05, 4.69) is 10.3 Å². The van der Waals surface area contributed by atoms with Crippen molar-refractivity contribution in [1.29, 1.82) is 0 Å². The normalized spacial score (nSPS) is 10.7. The van der Waals surface area contributed by atoms with Gasteiger partial charge in [0.05, 0.1) is 16.6 Å². The van der Waals surface area contributed by atoms with E-state index in [1.807, 2.05) is 18.2 Å². The van der Waals surface area contributed by atoms with Gasteiger partial charge in [0, 0.05) is 16.8 Å². The molecule has 6 nitrogen and oxygen atoms in total. The molecule has 7 heteroatoms. The van der Waals surface area contributed by atoms with Gasteiger partial charge in [-0.2, -0.15) is 0 Å². The zero-order valence-corrected chi connectivity index (χ0v) is 16.8. The van der Waals surface area contributed by atoms with Crippen LogP contribution in [0, 0.1) is 4.77 Å². The summed E-state index contributed by atoms with van der Waals surface area (Å²) < 4.78 is 1.66. The van der Waals surface area contributed by atoms with Gasteiger partial charge in [-0.1, -0.05) is 30.3 Å². The number of aromatic amines is 1. The molecule has 148 valence electrons. The highest BCUT2D eigenvalue weighted by Gasteiger charge is 2.12. The van der Waals surface area contributed by atoms with Crippen molar-refractivity contribution in [2.24, 2.45) is 0 Å². The molecule has 0 radical (unpaired) electrons. The Morgan fingerprint density at radius 2 is 1.70 bits per heavy atom. The van der Waals surface area contributed by atoms with Crippen molar-refractivity contribution in [3.05, 3.63) is 99.0 Å². The molecule has 4 aromatic rings. The van der Waals surface area contributed by atoms with Gasteiger partial charge < -0.3 is 10.3 Å². The summed E-state index contributed by atoms with van der Waals surface area (Å²) in [5.74, 6) is -0.441. The first-order valence-corrected chi connectivity index (χ1v) is 9.62. The zero-order chi connectivity index (χ0) is 21.3. The molecular weight excluding hydrogens is 398 g/mol. The largest absolute Gasteiger partial charge is 0.331 e. The van der Waals surface area contributed by atoms with Gasteiger partial charge >= 0.3 is 0 Å². The van der Waals surface area contributed by atoms with Crippen LogP contribution < -0.4 is 10.9 Å². The van der Waals surface area contributed by atoms with Crippen LogP contribution in [-0.2, 0) is 0 Å². The summed E-state index contributed by atoms with van der Waals surface area (Å²) >= 11 is 5.38. The fraction of sp³-hybridized carbons (Fsp3) is 0.0435. The molecule has 0 aliphatic carbocycles. The minimum absolute atomic E-state index is 0.0842. The Labute approximate surface area is 176 Å². The smallest absolute Gasteiger partial charge is 0.266 e. The van der Waals surface area contributed by atoms with Crippen molar-refractivity contribution < 1.29 is 9.59 Å². The lowest BCUT2D eigenvalue weighted by molar-refractivity contribution is 0.101. The number of hydrogen-bond donors (Lipinski definition) is 2. The van der Waals surface area contributed by atoms with Gasteiger partial charge in [0.15, 0.2) is 10.6 Å². The van der Waals surface area contributed by atoms with E-state index in [1.54, 1.807) is 54.6 Å². The van der Waals surface area contributed by atoms with Gasteiger partial charge in [0.1, 0.15) is 0 Å². The third kappa shape index (κ3) is 3.70. The van der Waals surface area contributed by atoms with E-state index in [0.717, 1.165) is 0 Å². The van der Waals surface area contributed by atoms with Crippen LogP contribution in [0.1, 0.15) is 27.6 Å². The number of ketones is 1. The van der Waals surface area contributed by atoms with E-state index < -0.39 is 0 Å². The van der Waals surface area contributed by atoms with Crippen LogP contribution in [0.2, 0.25) is 0 Å². The average Bonchev–Trinajstić information content (AvgIpc) is 2.74. The third-order valence-corrected chi connectivity index (χ3v) is 4.99. The number of fused-ring (bicyclic) bond motifs is 1. The van der Waals surface area contributed by atoms with E-state index in [0.29, 0.717) is 33.4 Å². The highest BCUT2D eigenvalue weighted by atomic mass is 32.1. The van der Waals surface area contributed by atoms with E-state index in [9.17, 15) is 14.4 Å². The second-order valence-corrected chi connectivity index (χ2v) is 7.14. The van der Waals surface area contributed by atoms with Crippen molar-refractivity contribution in [1.82, 2.24) is 9.55 Å². The quantitative estimate of drug-likeness (QED) is 0.380. The molecule has 0 bridgehead atoms. The number of Topliss-reactive ketones (excluding diaryl/α,β-unsaturated/α-hetero) is 1. The van der Waals surface area contributed by atoms with Gasteiger partial charge in [0.2, 0.25) is 0 Å². The molecule has 0 unspecified atom stereocenters. The SMILES string of the molecule is CC(=O)c1cccc(NC(=O)c2ccc3c(=O)n(-c4ccccc4)c(=S)[nH]c3c2)c1. The number of para-hydroxylation sites is 1.